The van der Waals surface area contributed by atoms with Gasteiger partial charge in [-0.3, -0.25) is 9.59 Å². The number of aromatic nitrogens is 1. The zero-order chi connectivity index (χ0) is 17.8. The molecule has 1 saturated carbocycles. The lowest BCUT2D eigenvalue weighted by Crippen LogP contribution is -2.30. The number of pyridine rings is 1. The highest BCUT2D eigenvalue weighted by atomic mass is 19.1. The van der Waals surface area contributed by atoms with Gasteiger partial charge in [0.2, 0.25) is 5.91 Å². The fourth-order valence-corrected chi connectivity index (χ4v) is 3.30. The number of anilines is 1. The Labute approximate surface area is 145 Å². The minimum Gasteiger partial charge on any atom is -0.327 e. The van der Waals surface area contributed by atoms with Crippen LogP contribution in [0.15, 0.2) is 47.4 Å². The molecule has 0 aliphatic heterocycles. The predicted molar refractivity (Wildman–Crippen MR) is 94.8 cm³/mol. The normalized spacial score (nSPS) is 19.8. The van der Waals surface area contributed by atoms with Crippen LogP contribution in [-0.2, 0) is 11.3 Å². The summed E-state index contributed by atoms with van der Waals surface area (Å²) in [6.07, 6.45) is 4.95. The van der Waals surface area contributed by atoms with Crippen LogP contribution in [0.3, 0.4) is 0 Å². The molecule has 0 unspecified atom stereocenters. The van der Waals surface area contributed by atoms with Crippen LogP contribution in [0.25, 0.3) is 0 Å². The van der Waals surface area contributed by atoms with E-state index in [2.05, 4.69) is 5.32 Å². The van der Waals surface area contributed by atoms with Gasteiger partial charge < -0.3 is 15.6 Å². The Morgan fingerprint density at radius 3 is 2.68 bits per heavy atom. The largest absolute Gasteiger partial charge is 0.327 e. The Hall–Kier alpha value is -2.47. The fraction of sp³-hybridized carbons (Fsp3) is 0.368. The summed E-state index contributed by atoms with van der Waals surface area (Å²) in [7, 11) is 0. The highest BCUT2D eigenvalue weighted by Gasteiger charge is 2.26. The number of hydrogen-bond donors (Lipinski definition) is 2. The molecule has 0 radical (unpaired) electrons. The third-order valence-corrected chi connectivity index (χ3v) is 4.73. The van der Waals surface area contributed by atoms with Gasteiger partial charge >= 0.3 is 0 Å². The summed E-state index contributed by atoms with van der Waals surface area (Å²) < 4.78 is 14.5. The quantitative estimate of drug-likeness (QED) is 0.876. The van der Waals surface area contributed by atoms with E-state index >= 15 is 0 Å². The first-order valence-corrected chi connectivity index (χ1v) is 8.52. The number of carbonyl (C=O) groups is 1. The molecular weight excluding hydrogens is 321 g/mol. The molecule has 1 aromatic carbocycles. The molecule has 1 aromatic heterocycles. The van der Waals surface area contributed by atoms with E-state index in [9.17, 15) is 14.0 Å². The SMILES string of the molecule is N[C@@H]1CCC[C@H]1CC(=O)Nc1cccn(Cc2ccc(F)cc2)c1=O. The zero-order valence-corrected chi connectivity index (χ0v) is 14.0. The second kappa shape index (κ2) is 7.61. The number of benzene rings is 1. The maximum atomic E-state index is 13.0. The maximum Gasteiger partial charge on any atom is 0.274 e. The molecule has 1 heterocycles. The molecule has 6 heteroatoms. The summed E-state index contributed by atoms with van der Waals surface area (Å²) >= 11 is 0. The van der Waals surface area contributed by atoms with Gasteiger partial charge in [-0.15, -0.1) is 0 Å². The van der Waals surface area contributed by atoms with Gasteiger partial charge in [0.25, 0.3) is 5.56 Å². The third kappa shape index (κ3) is 4.33. The van der Waals surface area contributed by atoms with Crippen molar-refractivity contribution in [3.8, 4) is 0 Å². The Morgan fingerprint density at radius 1 is 1.24 bits per heavy atom. The smallest absolute Gasteiger partial charge is 0.274 e. The van der Waals surface area contributed by atoms with Crippen LogP contribution in [0.2, 0.25) is 0 Å². The molecule has 2 aromatic rings. The van der Waals surface area contributed by atoms with Gasteiger partial charge in [0.05, 0.1) is 6.54 Å². The predicted octanol–water partition coefficient (Wildman–Crippen LogP) is 2.49. The molecular formula is C19H22FN3O2. The minimum absolute atomic E-state index is 0.0663. The molecule has 0 saturated heterocycles. The van der Waals surface area contributed by atoms with Crippen molar-refractivity contribution in [3.05, 3.63) is 64.3 Å². The van der Waals surface area contributed by atoms with Crippen LogP contribution in [-0.4, -0.2) is 16.5 Å². The number of nitrogens with zero attached hydrogens (tertiary/aromatic N) is 1. The summed E-state index contributed by atoms with van der Waals surface area (Å²) in [6.45, 7) is 0.316. The van der Waals surface area contributed by atoms with E-state index in [0.29, 0.717) is 13.0 Å². The number of nitrogens with two attached hydrogens (primary N) is 1. The molecule has 1 amide bonds. The second-order valence-electron chi connectivity index (χ2n) is 6.59. The molecule has 0 spiro atoms. The van der Waals surface area contributed by atoms with E-state index in [1.54, 1.807) is 30.5 Å². The molecule has 25 heavy (non-hydrogen) atoms. The van der Waals surface area contributed by atoms with Crippen molar-refractivity contribution in [3.63, 3.8) is 0 Å². The highest BCUT2D eigenvalue weighted by molar-refractivity contribution is 5.90. The molecule has 132 valence electrons. The van der Waals surface area contributed by atoms with Crippen molar-refractivity contribution in [2.24, 2.45) is 11.7 Å². The van der Waals surface area contributed by atoms with Gasteiger partial charge in [-0.2, -0.15) is 0 Å². The van der Waals surface area contributed by atoms with Gasteiger partial charge in [-0.05, 0) is 48.6 Å². The van der Waals surface area contributed by atoms with E-state index in [4.69, 9.17) is 5.73 Å². The van der Waals surface area contributed by atoms with Gasteiger partial charge in [-0.25, -0.2) is 4.39 Å². The van der Waals surface area contributed by atoms with Crippen LogP contribution in [0, 0.1) is 11.7 Å². The van der Waals surface area contributed by atoms with Gasteiger partial charge in [0.15, 0.2) is 0 Å². The number of halogens is 1. The van der Waals surface area contributed by atoms with E-state index in [1.165, 1.54) is 16.7 Å². The van der Waals surface area contributed by atoms with Crippen molar-refractivity contribution in [2.75, 3.05) is 5.32 Å². The number of hydrogen-bond acceptors (Lipinski definition) is 3. The summed E-state index contributed by atoms with van der Waals surface area (Å²) in [5.41, 5.74) is 6.78. The molecule has 1 aliphatic rings. The Morgan fingerprint density at radius 2 is 2.00 bits per heavy atom. The van der Waals surface area contributed by atoms with Crippen molar-refractivity contribution >= 4 is 11.6 Å². The lowest BCUT2D eigenvalue weighted by Gasteiger charge is -2.15. The average molecular weight is 343 g/mol. The average Bonchev–Trinajstić information content (AvgIpc) is 2.98. The van der Waals surface area contributed by atoms with Crippen molar-refractivity contribution in [2.45, 2.75) is 38.3 Å². The Kier molecular flexibility index (Phi) is 5.28. The molecule has 3 N–H and O–H groups in total. The molecule has 0 bridgehead atoms. The zero-order valence-electron chi connectivity index (χ0n) is 14.0. The van der Waals surface area contributed by atoms with Gasteiger partial charge in [0, 0.05) is 18.7 Å². The van der Waals surface area contributed by atoms with Crippen molar-refractivity contribution in [1.82, 2.24) is 4.57 Å². The van der Waals surface area contributed by atoms with Crippen LogP contribution in [0.5, 0.6) is 0 Å². The topological polar surface area (TPSA) is 77.1 Å². The molecule has 5 nitrogen and oxygen atoms in total. The van der Waals surface area contributed by atoms with E-state index in [-0.39, 0.29) is 34.9 Å². The summed E-state index contributed by atoms with van der Waals surface area (Å²) in [5, 5.41) is 2.71. The molecule has 2 atom stereocenters. The molecule has 1 fully saturated rings. The molecule has 3 rings (SSSR count). The number of rotatable bonds is 5. The fourth-order valence-electron chi connectivity index (χ4n) is 3.30. The first-order chi connectivity index (χ1) is 12.0. The summed E-state index contributed by atoms with van der Waals surface area (Å²) in [5.74, 6) is -0.314. The standard InChI is InChI=1S/C19H22FN3O2/c20-15-8-6-13(7-9-15)12-23-10-2-5-17(19(23)25)22-18(24)11-14-3-1-4-16(14)21/h2,5-10,14,16H,1,3-4,11-12,21H2,(H,22,24)/t14-,16+/m0/s1. The van der Waals surface area contributed by atoms with E-state index < -0.39 is 0 Å². The molecule has 1 aliphatic carbocycles. The summed E-state index contributed by atoms with van der Waals surface area (Å²) in [6, 6.07) is 9.35. The summed E-state index contributed by atoms with van der Waals surface area (Å²) in [4.78, 5) is 24.7. The lowest BCUT2D eigenvalue weighted by atomic mass is 10.00. The van der Waals surface area contributed by atoms with Crippen molar-refractivity contribution in [1.29, 1.82) is 0 Å². The van der Waals surface area contributed by atoms with Crippen LogP contribution >= 0.6 is 0 Å². The van der Waals surface area contributed by atoms with Crippen LogP contribution in [0.1, 0.15) is 31.2 Å². The number of nitrogens with one attached hydrogen (secondary N) is 1. The monoisotopic (exact) mass is 343 g/mol. The van der Waals surface area contributed by atoms with E-state index in [1.807, 2.05) is 0 Å². The first kappa shape index (κ1) is 17.4. The van der Waals surface area contributed by atoms with E-state index in [0.717, 1.165) is 24.8 Å². The second-order valence-corrected chi connectivity index (χ2v) is 6.59. The third-order valence-electron chi connectivity index (χ3n) is 4.73. The van der Waals surface area contributed by atoms with Gasteiger partial charge in [-0.1, -0.05) is 18.6 Å². The highest BCUT2D eigenvalue weighted by Crippen LogP contribution is 2.26. The first-order valence-electron chi connectivity index (χ1n) is 8.52. The van der Waals surface area contributed by atoms with Crippen LogP contribution in [0.4, 0.5) is 10.1 Å². The Bertz CT molecular complexity index is 801. The minimum atomic E-state index is -0.317. The number of carbonyl (C=O) groups excluding carboxylic acids is 1. The lowest BCUT2D eigenvalue weighted by molar-refractivity contribution is -0.117. The Balaban J connectivity index is 1.69. The van der Waals surface area contributed by atoms with Crippen molar-refractivity contribution < 1.29 is 9.18 Å². The van der Waals surface area contributed by atoms with Gasteiger partial charge in [0.1, 0.15) is 11.5 Å². The van der Waals surface area contributed by atoms with Crippen LogP contribution < -0.4 is 16.6 Å². The number of amides is 1. The maximum absolute atomic E-state index is 13.0.